The summed E-state index contributed by atoms with van der Waals surface area (Å²) in [4.78, 5) is 8.83. The average Bonchev–Trinajstić information content (AvgIpc) is 3.20. The van der Waals surface area contributed by atoms with Crippen LogP contribution in [0.2, 0.25) is 0 Å². The number of aromatic nitrogens is 1. The smallest absolute Gasteiger partial charge is 0.397 e. The standard InChI is InChI=1S/C55H62F3N5/c1-51(2,3)38-13-21-42(22-14-38)62(43-23-15-39(16-24-43)52(4,5)6)46-31-37(36-29-30-61-49(33-36)48(59)35-50(60)55(56,57)58)32-47(34-46)63(44-25-17-40(18-26-44)53(7,8)9)45-27-19-41(20-28-45)54(10,11)12/h13-35,60H,59H2,1-12H3/b48-35-,60-50?. The maximum atomic E-state index is 13.4. The average molecular weight is 850 g/mol. The van der Waals surface area contributed by atoms with Crippen molar-refractivity contribution in [3.05, 3.63) is 168 Å². The van der Waals surface area contributed by atoms with Gasteiger partial charge in [-0.25, -0.2) is 0 Å². The van der Waals surface area contributed by atoms with Crippen molar-refractivity contribution in [3.8, 4) is 11.1 Å². The minimum Gasteiger partial charge on any atom is -0.397 e. The molecular weight excluding hydrogens is 788 g/mol. The van der Waals surface area contributed by atoms with Crippen molar-refractivity contribution < 1.29 is 13.2 Å². The quantitative estimate of drug-likeness (QED) is 0.142. The fraction of sp³-hybridized carbons (Fsp3) is 0.309. The highest BCUT2D eigenvalue weighted by Crippen LogP contribution is 2.45. The fourth-order valence-electron chi connectivity index (χ4n) is 7.44. The summed E-state index contributed by atoms with van der Waals surface area (Å²) in [6, 6.07) is 44.6. The molecule has 0 bridgehead atoms. The number of alkyl halides is 3. The summed E-state index contributed by atoms with van der Waals surface area (Å²) in [7, 11) is 0. The van der Waals surface area contributed by atoms with Gasteiger partial charge in [0.1, 0.15) is 5.71 Å². The molecule has 0 aliphatic carbocycles. The van der Waals surface area contributed by atoms with Crippen molar-refractivity contribution in [1.82, 2.24) is 4.98 Å². The fourth-order valence-corrected chi connectivity index (χ4v) is 7.44. The zero-order valence-corrected chi connectivity index (χ0v) is 38.8. The van der Waals surface area contributed by atoms with Gasteiger partial charge in [0.05, 0.1) is 11.4 Å². The minimum absolute atomic E-state index is 0.0513. The number of anilines is 6. The molecular formula is C55H62F3N5. The molecule has 0 amide bonds. The van der Waals surface area contributed by atoms with E-state index in [4.69, 9.17) is 11.1 Å². The van der Waals surface area contributed by atoms with Crippen LogP contribution in [0.3, 0.4) is 0 Å². The van der Waals surface area contributed by atoms with Gasteiger partial charge in [0.15, 0.2) is 0 Å². The molecule has 0 aliphatic heterocycles. The van der Waals surface area contributed by atoms with Crippen molar-refractivity contribution in [2.75, 3.05) is 9.80 Å². The molecule has 1 aromatic heterocycles. The van der Waals surface area contributed by atoms with Crippen molar-refractivity contribution in [2.24, 2.45) is 5.73 Å². The predicted molar refractivity (Wildman–Crippen MR) is 260 cm³/mol. The number of benzene rings is 5. The van der Waals surface area contributed by atoms with Crippen LogP contribution in [0.5, 0.6) is 0 Å². The molecule has 8 heteroatoms. The van der Waals surface area contributed by atoms with Gasteiger partial charge < -0.3 is 15.5 Å². The monoisotopic (exact) mass is 849 g/mol. The number of allylic oxidation sites excluding steroid dienone is 1. The number of hydrogen-bond acceptors (Lipinski definition) is 5. The van der Waals surface area contributed by atoms with E-state index in [-0.39, 0.29) is 33.1 Å². The van der Waals surface area contributed by atoms with Crippen LogP contribution in [-0.2, 0) is 21.7 Å². The van der Waals surface area contributed by atoms with Gasteiger partial charge in [-0.3, -0.25) is 10.4 Å². The van der Waals surface area contributed by atoms with Crippen molar-refractivity contribution >= 4 is 45.5 Å². The van der Waals surface area contributed by atoms with E-state index >= 15 is 0 Å². The van der Waals surface area contributed by atoms with Crippen LogP contribution < -0.4 is 15.5 Å². The third kappa shape index (κ3) is 10.9. The Hall–Kier alpha value is -6.15. The molecule has 6 aromatic rings. The van der Waals surface area contributed by atoms with E-state index in [2.05, 4.69) is 213 Å². The molecule has 0 atom stereocenters. The van der Waals surface area contributed by atoms with E-state index in [1.807, 2.05) is 6.07 Å². The van der Waals surface area contributed by atoms with E-state index in [1.165, 1.54) is 28.5 Å². The molecule has 63 heavy (non-hydrogen) atoms. The van der Waals surface area contributed by atoms with Crippen molar-refractivity contribution in [2.45, 2.75) is 111 Å². The Bertz CT molecular complexity index is 2320. The van der Waals surface area contributed by atoms with Crippen molar-refractivity contribution in [3.63, 3.8) is 0 Å². The molecule has 0 aliphatic rings. The lowest BCUT2D eigenvalue weighted by atomic mass is 9.86. The third-order valence-electron chi connectivity index (χ3n) is 11.4. The number of pyridine rings is 1. The van der Waals surface area contributed by atoms with Gasteiger partial charge in [0, 0.05) is 40.3 Å². The number of nitrogens with two attached hydrogens (primary N) is 1. The lowest BCUT2D eigenvalue weighted by Gasteiger charge is -2.32. The molecule has 0 fully saturated rings. The molecule has 1 heterocycles. The Morgan fingerprint density at radius 3 is 1.06 bits per heavy atom. The summed E-state index contributed by atoms with van der Waals surface area (Å²) < 4.78 is 40.3. The summed E-state index contributed by atoms with van der Waals surface area (Å²) in [5.74, 6) is 0. The third-order valence-corrected chi connectivity index (χ3v) is 11.4. The van der Waals surface area contributed by atoms with Crippen molar-refractivity contribution in [1.29, 1.82) is 5.41 Å². The number of rotatable bonds is 9. The molecule has 0 saturated heterocycles. The van der Waals surface area contributed by atoms with Gasteiger partial charge in [-0.2, -0.15) is 13.2 Å². The van der Waals surface area contributed by atoms with Crippen LogP contribution in [0.1, 0.15) is 111 Å². The highest BCUT2D eigenvalue weighted by molar-refractivity contribution is 6.02. The maximum absolute atomic E-state index is 13.4. The van der Waals surface area contributed by atoms with E-state index in [1.54, 1.807) is 6.07 Å². The Balaban J connectivity index is 1.66. The van der Waals surface area contributed by atoms with Gasteiger partial charge in [-0.05, 0) is 140 Å². The summed E-state index contributed by atoms with van der Waals surface area (Å²) in [5, 5.41) is 7.58. The topological polar surface area (TPSA) is 69.2 Å². The largest absolute Gasteiger partial charge is 0.432 e. The van der Waals surface area contributed by atoms with E-state index in [9.17, 15) is 13.2 Å². The molecule has 328 valence electrons. The molecule has 5 nitrogen and oxygen atoms in total. The van der Waals surface area contributed by atoms with Crippen LogP contribution in [0.25, 0.3) is 16.8 Å². The number of nitrogens with one attached hydrogen (secondary N) is 1. The Morgan fingerprint density at radius 1 is 0.460 bits per heavy atom. The second-order valence-corrected chi connectivity index (χ2v) is 20.5. The first-order chi connectivity index (χ1) is 29.2. The van der Waals surface area contributed by atoms with Gasteiger partial charge >= 0.3 is 6.18 Å². The van der Waals surface area contributed by atoms with E-state index in [0.29, 0.717) is 11.6 Å². The molecule has 6 rings (SSSR count). The van der Waals surface area contributed by atoms with Gasteiger partial charge in [-0.15, -0.1) is 0 Å². The molecule has 0 unspecified atom stereocenters. The van der Waals surface area contributed by atoms with Gasteiger partial charge in [0.25, 0.3) is 0 Å². The summed E-state index contributed by atoms with van der Waals surface area (Å²) in [6.45, 7) is 26.4. The normalized spacial score (nSPS) is 12.9. The molecule has 3 N–H and O–H groups in total. The number of hydrogen-bond donors (Lipinski definition) is 2. The zero-order valence-electron chi connectivity index (χ0n) is 38.8. The Morgan fingerprint density at radius 2 is 0.778 bits per heavy atom. The Kier molecular flexibility index (Phi) is 12.7. The molecule has 0 spiro atoms. The summed E-state index contributed by atoms with van der Waals surface area (Å²) in [5.41, 5.74) is 16.2. The SMILES string of the molecule is CC(C)(C)c1ccc(N(c2ccc(C(C)(C)C)cc2)c2cc(-c3ccnc(/C(N)=C/C(=N)C(F)(F)F)c3)cc(N(c3ccc(C(C)(C)C)cc3)c3ccc(C(C)(C)C)cc3)c2)cc1. The lowest BCUT2D eigenvalue weighted by Crippen LogP contribution is -2.20. The van der Waals surface area contributed by atoms with E-state index < -0.39 is 11.9 Å². The molecule has 5 aromatic carbocycles. The molecule has 0 saturated carbocycles. The zero-order chi connectivity index (χ0) is 46.3. The van der Waals surface area contributed by atoms with Gasteiger partial charge in [-0.1, -0.05) is 132 Å². The highest BCUT2D eigenvalue weighted by Gasteiger charge is 2.33. The molecule has 0 radical (unpaired) electrons. The highest BCUT2D eigenvalue weighted by atomic mass is 19.4. The maximum Gasteiger partial charge on any atom is 0.432 e. The van der Waals surface area contributed by atoms with Crippen LogP contribution in [0.15, 0.2) is 140 Å². The van der Waals surface area contributed by atoms with E-state index in [0.717, 1.165) is 39.7 Å². The first-order valence-electron chi connectivity index (χ1n) is 21.5. The van der Waals surface area contributed by atoms with Gasteiger partial charge in [0.2, 0.25) is 0 Å². The number of nitrogens with zero attached hydrogens (tertiary/aromatic N) is 3. The lowest BCUT2D eigenvalue weighted by molar-refractivity contribution is -0.0584. The first kappa shape index (κ1) is 46.4. The second-order valence-electron chi connectivity index (χ2n) is 20.5. The Labute approximate surface area is 373 Å². The number of halogens is 3. The second kappa shape index (κ2) is 17.2. The minimum atomic E-state index is -4.84. The van der Waals surface area contributed by atoms with Crippen LogP contribution in [0, 0.1) is 5.41 Å². The summed E-state index contributed by atoms with van der Waals surface area (Å²) in [6.07, 6.45) is -2.69. The van der Waals surface area contributed by atoms with Crippen LogP contribution in [-0.4, -0.2) is 16.9 Å². The van der Waals surface area contributed by atoms with Crippen LogP contribution >= 0.6 is 0 Å². The van der Waals surface area contributed by atoms with Crippen LogP contribution in [0.4, 0.5) is 47.3 Å². The summed E-state index contributed by atoms with van der Waals surface area (Å²) >= 11 is 0. The first-order valence-corrected chi connectivity index (χ1v) is 21.5. The predicted octanol–water partition coefficient (Wildman–Crippen LogP) is 15.8.